The average Bonchev–Trinajstić information content (AvgIpc) is 3.08. The predicted octanol–water partition coefficient (Wildman–Crippen LogP) is 4.73. The van der Waals surface area contributed by atoms with Crippen molar-refractivity contribution in [3.8, 4) is 0 Å². The molecule has 116 valence electrons. The van der Waals surface area contributed by atoms with E-state index in [0.717, 1.165) is 30.3 Å². The summed E-state index contributed by atoms with van der Waals surface area (Å²) in [5.41, 5.74) is 2.89. The SMILES string of the molecule is CCNC(CCc1cccc(C)c1)CC1CC2CCC1C2. The van der Waals surface area contributed by atoms with Crippen LogP contribution >= 0.6 is 0 Å². The fourth-order valence-electron chi connectivity index (χ4n) is 4.83. The summed E-state index contributed by atoms with van der Waals surface area (Å²) in [5, 5.41) is 3.75. The molecule has 4 unspecified atom stereocenters. The Morgan fingerprint density at radius 1 is 1.24 bits per heavy atom. The van der Waals surface area contributed by atoms with E-state index < -0.39 is 0 Å². The van der Waals surface area contributed by atoms with Crippen molar-refractivity contribution in [1.82, 2.24) is 5.32 Å². The lowest BCUT2D eigenvalue weighted by Crippen LogP contribution is -2.32. The van der Waals surface area contributed by atoms with Crippen molar-refractivity contribution in [2.24, 2.45) is 17.8 Å². The van der Waals surface area contributed by atoms with E-state index in [1.165, 1.54) is 49.7 Å². The Hall–Kier alpha value is -0.820. The van der Waals surface area contributed by atoms with Gasteiger partial charge >= 0.3 is 0 Å². The molecule has 1 nitrogen and oxygen atoms in total. The van der Waals surface area contributed by atoms with Crippen LogP contribution in [0.1, 0.15) is 56.6 Å². The maximum Gasteiger partial charge on any atom is 0.00728 e. The van der Waals surface area contributed by atoms with Gasteiger partial charge in [0, 0.05) is 6.04 Å². The van der Waals surface area contributed by atoms with E-state index in [9.17, 15) is 0 Å². The van der Waals surface area contributed by atoms with E-state index in [2.05, 4.69) is 43.4 Å². The zero-order chi connectivity index (χ0) is 14.7. The number of hydrogen-bond acceptors (Lipinski definition) is 1. The summed E-state index contributed by atoms with van der Waals surface area (Å²) in [7, 11) is 0. The Balaban J connectivity index is 1.52. The van der Waals surface area contributed by atoms with Gasteiger partial charge in [-0.25, -0.2) is 0 Å². The summed E-state index contributed by atoms with van der Waals surface area (Å²) in [4.78, 5) is 0. The third kappa shape index (κ3) is 3.88. The number of rotatable bonds is 7. The highest BCUT2D eigenvalue weighted by Gasteiger charge is 2.39. The summed E-state index contributed by atoms with van der Waals surface area (Å²) >= 11 is 0. The first kappa shape index (κ1) is 15.1. The molecule has 0 radical (unpaired) electrons. The van der Waals surface area contributed by atoms with E-state index in [1.54, 1.807) is 6.42 Å². The Kier molecular flexibility index (Phi) is 5.00. The number of fused-ring (bicyclic) bond motifs is 2. The summed E-state index contributed by atoms with van der Waals surface area (Å²) in [6.07, 6.45) is 10.0. The molecule has 0 spiro atoms. The van der Waals surface area contributed by atoms with E-state index in [1.807, 2.05) is 0 Å². The van der Waals surface area contributed by atoms with Crippen LogP contribution in [-0.4, -0.2) is 12.6 Å². The maximum atomic E-state index is 3.75. The van der Waals surface area contributed by atoms with Gasteiger partial charge in [-0.2, -0.15) is 0 Å². The van der Waals surface area contributed by atoms with Gasteiger partial charge in [-0.15, -0.1) is 0 Å². The predicted molar refractivity (Wildman–Crippen MR) is 90.5 cm³/mol. The van der Waals surface area contributed by atoms with Gasteiger partial charge in [0.2, 0.25) is 0 Å². The molecular weight excluding hydrogens is 254 g/mol. The topological polar surface area (TPSA) is 12.0 Å². The minimum Gasteiger partial charge on any atom is -0.314 e. The molecule has 1 aromatic rings. The molecule has 3 rings (SSSR count). The largest absolute Gasteiger partial charge is 0.314 e. The van der Waals surface area contributed by atoms with Crippen molar-refractivity contribution in [3.63, 3.8) is 0 Å². The van der Waals surface area contributed by atoms with Crippen LogP contribution in [0.5, 0.6) is 0 Å². The Morgan fingerprint density at radius 2 is 2.14 bits per heavy atom. The van der Waals surface area contributed by atoms with E-state index in [0.29, 0.717) is 0 Å². The molecule has 4 atom stereocenters. The fourth-order valence-corrected chi connectivity index (χ4v) is 4.83. The van der Waals surface area contributed by atoms with Gasteiger partial charge in [-0.1, -0.05) is 43.2 Å². The van der Waals surface area contributed by atoms with Crippen molar-refractivity contribution >= 4 is 0 Å². The minimum absolute atomic E-state index is 0.722. The van der Waals surface area contributed by atoms with Gasteiger partial charge in [0.15, 0.2) is 0 Å². The van der Waals surface area contributed by atoms with Crippen LogP contribution in [-0.2, 0) is 6.42 Å². The second-order valence-corrected chi connectivity index (χ2v) is 7.45. The highest BCUT2D eigenvalue weighted by molar-refractivity contribution is 5.22. The molecule has 2 bridgehead atoms. The second-order valence-electron chi connectivity index (χ2n) is 7.45. The quantitative estimate of drug-likeness (QED) is 0.763. The molecule has 2 aliphatic carbocycles. The third-order valence-electron chi connectivity index (χ3n) is 5.83. The average molecular weight is 285 g/mol. The lowest BCUT2D eigenvalue weighted by Gasteiger charge is -2.27. The monoisotopic (exact) mass is 285 g/mol. The normalized spacial score (nSPS) is 29.0. The third-order valence-corrected chi connectivity index (χ3v) is 5.83. The van der Waals surface area contributed by atoms with Gasteiger partial charge < -0.3 is 5.32 Å². The maximum absolute atomic E-state index is 3.75. The molecule has 1 aromatic carbocycles. The van der Waals surface area contributed by atoms with E-state index >= 15 is 0 Å². The van der Waals surface area contributed by atoms with Crippen molar-refractivity contribution in [2.45, 2.75) is 64.8 Å². The summed E-state index contributed by atoms with van der Waals surface area (Å²) in [6.45, 7) is 5.56. The molecule has 1 heteroatoms. The van der Waals surface area contributed by atoms with E-state index in [-0.39, 0.29) is 0 Å². The molecule has 0 saturated heterocycles. The number of benzene rings is 1. The first-order chi connectivity index (χ1) is 10.2. The van der Waals surface area contributed by atoms with E-state index in [4.69, 9.17) is 0 Å². The second kappa shape index (κ2) is 6.96. The van der Waals surface area contributed by atoms with Crippen LogP contribution in [0, 0.1) is 24.7 Å². The lowest BCUT2D eigenvalue weighted by atomic mass is 9.83. The molecule has 0 aromatic heterocycles. The smallest absolute Gasteiger partial charge is 0.00728 e. The molecule has 2 saturated carbocycles. The lowest BCUT2D eigenvalue weighted by molar-refractivity contribution is 0.273. The van der Waals surface area contributed by atoms with Gasteiger partial charge in [0.25, 0.3) is 0 Å². The molecule has 21 heavy (non-hydrogen) atoms. The summed E-state index contributed by atoms with van der Waals surface area (Å²) in [5.74, 6) is 3.17. The molecule has 1 N–H and O–H groups in total. The Labute approximate surface area is 130 Å². The van der Waals surface area contributed by atoms with Gasteiger partial charge in [-0.3, -0.25) is 0 Å². The fraction of sp³-hybridized carbons (Fsp3) is 0.700. The van der Waals surface area contributed by atoms with Crippen LogP contribution in [0.15, 0.2) is 24.3 Å². The van der Waals surface area contributed by atoms with Crippen LogP contribution in [0.25, 0.3) is 0 Å². The number of nitrogens with one attached hydrogen (secondary N) is 1. The van der Waals surface area contributed by atoms with Gasteiger partial charge in [0.05, 0.1) is 0 Å². The molecule has 2 fully saturated rings. The summed E-state index contributed by atoms with van der Waals surface area (Å²) in [6, 6.07) is 9.75. The minimum atomic E-state index is 0.722. The summed E-state index contributed by atoms with van der Waals surface area (Å²) < 4.78 is 0. The zero-order valence-corrected chi connectivity index (χ0v) is 13.8. The highest BCUT2D eigenvalue weighted by Crippen LogP contribution is 2.50. The first-order valence-electron chi connectivity index (χ1n) is 9.03. The van der Waals surface area contributed by atoms with Crippen molar-refractivity contribution in [2.75, 3.05) is 6.54 Å². The molecule has 0 amide bonds. The highest BCUT2D eigenvalue weighted by atomic mass is 14.9. The standard InChI is InChI=1S/C20H31N/c1-3-21-20(10-8-16-6-4-5-15(2)11-16)14-19-13-17-7-9-18(19)12-17/h4-6,11,17-21H,3,7-10,12-14H2,1-2H3. The van der Waals surface area contributed by atoms with Crippen LogP contribution in [0.3, 0.4) is 0 Å². The molecule has 0 heterocycles. The number of hydrogen-bond donors (Lipinski definition) is 1. The van der Waals surface area contributed by atoms with Crippen LogP contribution < -0.4 is 5.32 Å². The Bertz CT molecular complexity index is 453. The van der Waals surface area contributed by atoms with Crippen LogP contribution in [0.2, 0.25) is 0 Å². The Morgan fingerprint density at radius 3 is 2.81 bits per heavy atom. The van der Waals surface area contributed by atoms with Crippen molar-refractivity contribution in [1.29, 1.82) is 0 Å². The molecule has 2 aliphatic rings. The number of aryl methyl sites for hydroxylation is 2. The van der Waals surface area contributed by atoms with Gasteiger partial charge in [0.1, 0.15) is 0 Å². The zero-order valence-electron chi connectivity index (χ0n) is 13.8. The molecular formula is C20H31N. The van der Waals surface area contributed by atoms with Gasteiger partial charge in [-0.05, 0) is 75.3 Å². The van der Waals surface area contributed by atoms with Crippen molar-refractivity contribution in [3.05, 3.63) is 35.4 Å². The molecule has 0 aliphatic heterocycles. The van der Waals surface area contributed by atoms with Crippen molar-refractivity contribution < 1.29 is 0 Å². The van der Waals surface area contributed by atoms with Crippen LogP contribution in [0.4, 0.5) is 0 Å². The first-order valence-corrected chi connectivity index (χ1v) is 9.03.